The van der Waals surface area contributed by atoms with Crippen LogP contribution in [0.25, 0.3) is 0 Å². The summed E-state index contributed by atoms with van der Waals surface area (Å²) in [6, 6.07) is 7.19. The van der Waals surface area contributed by atoms with Crippen LogP contribution in [-0.2, 0) is 22.4 Å². The number of amides is 3. The molecule has 0 spiro atoms. The summed E-state index contributed by atoms with van der Waals surface area (Å²) in [5.74, 6) is -0.136. The predicted molar refractivity (Wildman–Crippen MR) is 160 cm³/mol. The maximum atomic E-state index is 12.6. The quantitative estimate of drug-likeness (QED) is 0.304. The van der Waals surface area contributed by atoms with Gasteiger partial charge in [-0.25, -0.2) is 9.97 Å². The van der Waals surface area contributed by atoms with Crippen molar-refractivity contribution in [3.63, 3.8) is 0 Å². The smallest absolute Gasteiger partial charge is 0.271 e. The van der Waals surface area contributed by atoms with Crippen LogP contribution >= 0.6 is 0 Å². The Morgan fingerprint density at radius 1 is 1.07 bits per heavy atom. The molecule has 11 heteroatoms. The van der Waals surface area contributed by atoms with Crippen LogP contribution in [0.3, 0.4) is 0 Å². The molecule has 218 valence electrons. The second-order valence-electron chi connectivity index (χ2n) is 10.3. The minimum atomic E-state index is -0.659. The largest absolute Gasteiger partial charge is 0.364 e. The Kier molecular flexibility index (Phi) is 12.1. The predicted octanol–water partition coefficient (Wildman–Crippen LogP) is 2.35. The summed E-state index contributed by atoms with van der Waals surface area (Å²) in [4.78, 5) is 51.8. The van der Waals surface area contributed by atoms with Gasteiger partial charge in [-0.3, -0.25) is 14.4 Å². The molecule has 11 nitrogen and oxygen atoms in total. The number of nitrogens with one attached hydrogen (secondary N) is 2. The van der Waals surface area contributed by atoms with Crippen LogP contribution in [0.4, 0.5) is 17.3 Å². The Morgan fingerprint density at radius 2 is 1.77 bits per heavy atom. The van der Waals surface area contributed by atoms with E-state index in [9.17, 15) is 14.4 Å². The van der Waals surface area contributed by atoms with Crippen LogP contribution in [0.2, 0.25) is 0 Å². The zero-order valence-corrected chi connectivity index (χ0v) is 25.0. The van der Waals surface area contributed by atoms with Gasteiger partial charge in [0.1, 0.15) is 6.04 Å². The van der Waals surface area contributed by atoms with E-state index >= 15 is 0 Å². The first kappa shape index (κ1) is 32.2. The van der Waals surface area contributed by atoms with E-state index in [4.69, 9.17) is 10.7 Å². The van der Waals surface area contributed by atoms with Gasteiger partial charge in [0.2, 0.25) is 11.8 Å². The number of hydrogen-bond acceptors (Lipinski definition) is 8. The molecule has 0 bridgehead atoms. The van der Waals surface area contributed by atoms with Crippen molar-refractivity contribution in [1.29, 1.82) is 0 Å². The summed E-state index contributed by atoms with van der Waals surface area (Å²) in [6.45, 7) is 8.81. The molecule has 0 unspecified atom stereocenters. The Hall–Kier alpha value is -3.99. The number of nitrogens with zero attached hydrogens (tertiary/aromatic N) is 5. The van der Waals surface area contributed by atoms with E-state index in [0.29, 0.717) is 48.9 Å². The van der Waals surface area contributed by atoms with Gasteiger partial charge < -0.3 is 31.1 Å². The number of primary amides is 1. The fraction of sp³-hybridized carbons (Fsp3) is 0.483. The highest BCUT2D eigenvalue weighted by atomic mass is 16.2. The van der Waals surface area contributed by atoms with E-state index in [0.717, 1.165) is 5.56 Å². The number of aromatic nitrogens is 2. The number of likely N-dealkylation sites (N-methyl/N-ethyl adjacent to an activating group) is 2. The normalized spacial score (nSPS) is 12.1. The average Bonchev–Trinajstić information content (AvgIpc) is 2.91. The summed E-state index contributed by atoms with van der Waals surface area (Å²) in [7, 11) is 7.38. The molecule has 1 aromatic heterocycles. The summed E-state index contributed by atoms with van der Waals surface area (Å²) >= 11 is 0. The fourth-order valence-corrected chi connectivity index (χ4v) is 3.75. The van der Waals surface area contributed by atoms with Gasteiger partial charge in [0.15, 0.2) is 17.3 Å². The van der Waals surface area contributed by atoms with Crippen molar-refractivity contribution in [1.82, 2.24) is 25.1 Å². The number of nitrogens with two attached hydrogens (primary N) is 1. The third kappa shape index (κ3) is 9.04. The molecule has 1 atom stereocenters. The second-order valence-corrected chi connectivity index (χ2v) is 10.3. The SMILES string of the molecule is CCc1nc(C(N)=O)c(Nc2cccc(CCNC(=O)[C@H](C)N(C)C(=O)/C=C/CN(C)C)c2)nc1N(C)C(C)C. The fourth-order valence-electron chi connectivity index (χ4n) is 3.75. The van der Waals surface area contributed by atoms with Crippen molar-refractivity contribution < 1.29 is 14.4 Å². The van der Waals surface area contributed by atoms with Gasteiger partial charge in [-0.2, -0.15) is 0 Å². The van der Waals surface area contributed by atoms with Crippen molar-refractivity contribution in [2.75, 3.05) is 51.5 Å². The molecule has 1 aromatic carbocycles. The summed E-state index contributed by atoms with van der Waals surface area (Å²) in [5.41, 5.74) is 8.10. The first-order valence-corrected chi connectivity index (χ1v) is 13.5. The highest BCUT2D eigenvalue weighted by molar-refractivity contribution is 5.96. The first-order valence-electron chi connectivity index (χ1n) is 13.5. The third-order valence-electron chi connectivity index (χ3n) is 6.57. The summed E-state index contributed by atoms with van der Waals surface area (Å²) in [5, 5.41) is 6.11. The topological polar surface area (TPSA) is 137 Å². The Labute approximate surface area is 237 Å². The molecule has 0 aliphatic carbocycles. The van der Waals surface area contributed by atoms with Crippen LogP contribution in [0.5, 0.6) is 0 Å². The standard InChI is InChI=1S/C29H44N8O3/c1-9-23-28(36(7)19(2)3)34-27(25(33-23)26(30)39)32-22-13-10-12-21(18-22)15-16-31-29(40)20(4)37(8)24(38)14-11-17-35(5)6/h10-14,18-20H,9,15-17H2,1-8H3,(H2,30,39)(H,31,40)(H,32,34)/b14-11+/t20-/m0/s1. The maximum Gasteiger partial charge on any atom is 0.271 e. The highest BCUT2D eigenvalue weighted by Gasteiger charge is 2.22. The number of carbonyl (C=O) groups excluding carboxylic acids is 3. The van der Waals surface area contributed by atoms with E-state index in [1.165, 1.54) is 11.0 Å². The molecule has 0 radical (unpaired) electrons. The third-order valence-corrected chi connectivity index (χ3v) is 6.57. The maximum absolute atomic E-state index is 12.6. The second kappa shape index (κ2) is 15.0. The Balaban J connectivity index is 2.09. The van der Waals surface area contributed by atoms with Gasteiger partial charge in [0, 0.05) is 45.0 Å². The van der Waals surface area contributed by atoms with E-state index in [2.05, 4.69) is 29.5 Å². The molecule has 0 saturated heterocycles. The number of aryl methyl sites for hydroxylation is 1. The van der Waals surface area contributed by atoms with Crippen LogP contribution in [0.1, 0.15) is 49.4 Å². The van der Waals surface area contributed by atoms with Gasteiger partial charge in [-0.1, -0.05) is 25.1 Å². The molecule has 4 N–H and O–H groups in total. The van der Waals surface area contributed by atoms with Crippen LogP contribution < -0.4 is 21.3 Å². The molecule has 1 heterocycles. The number of carbonyl (C=O) groups is 3. The van der Waals surface area contributed by atoms with E-state index < -0.39 is 11.9 Å². The number of anilines is 3. The lowest BCUT2D eigenvalue weighted by molar-refractivity contribution is -0.135. The molecule has 0 saturated carbocycles. The Morgan fingerprint density at radius 3 is 2.38 bits per heavy atom. The first-order chi connectivity index (χ1) is 18.8. The lowest BCUT2D eigenvalue weighted by Crippen LogP contribution is -2.45. The number of hydrogen-bond donors (Lipinski definition) is 3. The molecule has 2 aromatic rings. The molecule has 0 aliphatic rings. The Bertz CT molecular complexity index is 1210. The minimum absolute atomic E-state index is 0.0830. The zero-order chi connectivity index (χ0) is 30.0. The molecule has 2 rings (SSSR count). The van der Waals surface area contributed by atoms with Gasteiger partial charge >= 0.3 is 0 Å². The van der Waals surface area contributed by atoms with Crippen LogP contribution in [-0.4, -0.2) is 90.9 Å². The van der Waals surface area contributed by atoms with Crippen molar-refractivity contribution in [3.8, 4) is 0 Å². The number of benzene rings is 1. The van der Waals surface area contributed by atoms with Crippen molar-refractivity contribution in [3.05, 3.63) is 53.4 Å². The van der Waals surface area contributed by atoms with Crippen molar-refractivity contribution in [2.45, 2.75) is 52.6 Å². The molecule has 40 heavy (non-hydrogen) atoms. The van der Waals surface area contributed by atoms with E-state index in [1.807, 2.05) is 62.1 Å². The summed E-state index contributed by atoms with van der Waals surface area (Å²) < 4.78 is 0. The van der Waals surface area contributed by atoms with Crippen molar-refractivity contribution in [2.24, 2.45) is 5.73 Å². The summed E-state index contributed by atoms with van der Waals surface area (Å²) in [6.07, 6.45) is 4.43. The minimum Gasteiger partial charge on any atom is -0.364 e. The lowest BCUT2D eigenvalue weighted by atomic mass is 10.1. The monoisotopic (exact) mass is 552 g/mol. The van der Waals surface area contributed by atoms with E-state index in [1.54, 1.807) is 20.0 Å². The van der Waals surface area contributed by atoms with Gasteiger partial charge in [0.25, 0.3) is 5.91 Å². The van der Waals surface area contributed by atoms with Crippen LogP contribution in [0, 0.1) is 0 Å². The van der Waals surface area contributed by atoms with Gasteiger partial charge in [-0.15, -0.1) is 0 Å². The zero-order valence-electron chi connectivity index (χ0n) is 25.0. The van der Waals surface area contributed by atoms with Crippen molar-refractivity contribution >= 4 is 35.0 Å². The highest BCUT2D eigenvalue weighted by Crippen LogP contribution is 2.25. The molecule has 3 amide bonds. The van der Waals surface area contributed by atoms with Crippen LogP contribution in [0.15, 0.2) is 36.4 Å². The molecule has 0 fully saturated rings. The van der Waals surface area contributed by atoms with E-state index in [-0.39, 0.29) is 23.6 Å². The lowest BCUT2D eigenvalue weighted by Gasteiger charge is -2.25. The number of rotatable bonds is 14. The average molecular weight is 553 g/mol. The van der Waals surface area contributed by atoms with Gasteiger partial charge in [0.05, 0.1) is 5.69 Å². The molecular weight excluding hydrogens is 508 g/mol. The molecule has 0 aliphatic heterocycles. The van der Waals surface area contributed by atoms with Gasteiger partial charge in [-0.05, 0) is 65.4 Å². The molecular formula is C29H44N8O3.